The minimum Gasteiger partial charge on any atom is -0.458 e. The number of halogens is 2. The molecule has 4 saturated heterocycles. The number of carbonyl (C=O) groups is 12. The topological polar surface area (TPSA) is 360 Å². The SMILES string of the molecule is Cc1c2oc3c(C)ccc(C(=O)NC4C(=O)NC(C(C)C)C(=O)N5CC(Cl)CC5C(=O)N(C)CC(=O)N(C)C(C(C)C)C(=O)OC4C)c3nc-2c(C(=O)NC2C(=O)NC(C(C)C)C(=O)N3CC(Cl)CC3C(=O)N(C)CC(=O)N(C)C(C(C)C)C(=O)OC2C)c(N)c1=O. The first-order chi connectivity index (χ1) is 42.9. The van der Waals surface area contributed by atoms with Crippen LogP contribution in [0.5, 0.6) is 0 Å². The maximum Gasteiger partial charge on any atom is 0.329 e. The van der Waals surface area contributed by atoms with Crippen LogP contribution in [-0.2, 0) is 57.4 Å². The lowest BCUT2D eigenvalue weighted by Crippen LogP contribution is -2.61. The molecule has 5 heterocycles. The third-order valence-electron chi connectivity index (χ3n) is 17.5. The largest absolute Gasteiger partial charge is 0.458 e. The second-order valence-corrected chi connectivity index (χ2v) is 27.1. The van der Waals surface area contributed by atoms with Crippen LogP contribution in [0.25, 0.3) is 22.6 Å². The predicted octanol–water partition coefficient (Wildman–Crippen LogP) is 1.16. The number of amides is 10. The third-order valence-corrected chi connectivity index (χ3v) is 18.2. The summed E-state index contributed by atoms with van der Waals surface area (Å²) in [6.07, 6.45) is -3.11. The van der Waals surface area contributed by atoms with Gasteiger partial charge < -0.3 is 70.3 Å². The molecule has 0 spiro atoms. The molecule has 1 aliphatic carbocycles. The van der Waals surface area contributed by atoms with E-state index in [1.807, 2.05) is 0 Å². The Kier molecular flexibility index (Phi) is 22.0. The number of anilines is 1. The van der Waals surface area contributed by atoms with Crippen molar-refractivity contribution in [1.29, 1.82) is 0 Å². The van der Waals surface area contributed by atoms with Gasteiger partial charge in [-0.05, 0) is 75.8 Å². The van der Waals surface area contributed by atoms with E-state index in [0.717, 1.165) is 19.6 Å². The van der Waals surface area contributed by atoms with Gasteiger partial charge in [-0.15, -0.1) is 23.2 Å². The van der Waals surface area contributed by atoms with Gasteiger partial charge >= 0.3 is 11.9 Å². The fourth-order valence-corrected chi connectivity index (χ4v) is 12.9. The number of esters is 2. The summed E-state index contributed by atoms with van der Waals surface area (Å²) < 4.78 is 18.3. The van der Waals surface area contributed by atoms with Crippen LogP contribution >= 0.6 is 23.2 Å². The Balaban J connectivity index is 1.33. The first kappa shape index (κ1) is 71.3. The first-order valence-corrected chi connectivity index (χ1v) is 31.5. The lowest BCUT2D eigenvalue weighted by Gasteiger charge is -2.36. The quantitative estimate of drug-likeness (QED) is 0.0914. The van der Waals surface area contributed by atoms with Gasteiger partial charge in [0.1, 0.15) is 71.8 Å². The van der Waals surface area contributed by atoms with E-state index in [4.69, 9.17) is 47.8 Å². The molecule has 0 saturated carbocycles. The van der Waals surface area contributed by atoms with Crippen molar-refractivity contribution >= 4 is 111 Å². The molecule has 5 aliphatic heterocycles. The smallest absolute Gasteiger partial charge is 0.329 e. The highest BCUT2D eigenvalue weighted by molar-refractivity contribution is 6.22. The minimum absolute atomic E-state index is 0.0165. The van der Waals surface area contributed by atoms with Crippen molar-refractivity contribution in [2.75, 3.05) is 60.1 Å². The summed E-state index contributed by atoms with van der Waals surface area (Å²) in [6, 6.07) is -8.54. The average Bonchev–Trinajstić information content (AvgIpc) is 0.921. The molecule has 4 fully saturated rings. The number of hydrogen-bond donors (Lipinski definition) is 5. The number of nitrogens with one attached hydrogen (secondary N) is 4. The lowest BCUT2D eigenvalue weighted by molar-refractivity contribution is -0.163. The zero-order chi connectivity index (χ0) is 68.7. The van der Waals surface area contributed by atoms with Crippen LogP contribution in [0.4, 0.5) is 5.69 Å². The molecule has 7 rings (SSSR count). The molecule has 1 aromatic carbocycles. The number of cyclic esters (lactones) is 2. The number of fused-ring (bicyclic) bond motifs is 4. The summed E-state index contributed by atoms with van der Waals surface area (Å²) >= 11 is 13.2. The highest BCUT2D eigenvalue weighted by Gasteiger charge is 2.48. The number of nitrogen functional groups attached to an aromatic ring is 1. The van der Waals surface area contributed by atoms with Crippen molar-refractivity contribution in [3.8, 4) is 11.5 Å². The Hall–Kier alpha value is -8.14. The lowest BCUT2D eigenvalue weighted by atomic mass is 9.98. The molecule has 92 heavy (non-hydrogen) atoms. The van der Waals surface area contributed by atoms with E-state index < -0.39 is 201 Å². The fourth-order valence-electron chi connectivity index (χ4n) is 12.2. The van der Waals surface area contributed by atoms with Crippen LogP contribution < -0.4 is 32.4 Å². The van der Waals surface area contributed by atoms with Gasteiger partial charge in [-0.2, -0.15) is 0 Å². The van der Waals surface area contributed by atoms with Crippen LogP contribution in [0.15, 0.2) is 21.3 Å². The summed E-state index contributed by atoms with van der Waals surface area (Å²) in [4.78, 5) is 200. The van der Waals surface area contributed by atoms with E-state index in [9.17, 15) is 52.7 Å². The molecule has 12 atom stereocenters. The number of ether oxygens (including phenoxy) is 2. The molecule has 12 unspecified atom stereocenters. The summed E-state index contributed by atoms with van der Waals surface area (Å²) in [7, 11) is 5.46. The molecule has 10 amide bonds. The predicted molar refractivity (Wildman–Crippen MR) is 336 cm³/mol. The minimum atomic E-state index is -1.92. The van der Waals surface area contributed by atoms with E-state index in [-0.39, 0.29) is 53.9 Å². The van der Waals surface area contributed by atoms with E-state index in [1.165, 1.54) is 70.9 Å². The van der Waals surface area contributed by atoms with Crippen molar-refractivity contribution in [2.45, 2.75) is 167 Å². The van der Waals surface area contributed by atoms with Crippen LogP contribution in [0, 0.1) is 37.5 Å². The van der Waals surface area contributed by atoms with Gasteiger partial charge in [0.2, 0.25) is 52.7 Å². The van der Waals surface area contributed by atoms with Crippen molar-refractivity contribution < 1.29 is 71.4 Å². The van der Waals surface area contributed by atoms with Crippen molar-refractivity contribution in [2.24, 2.45) is 23.7 Å². The van der Waals surface area contributed by atoms with Crippen molar-refractivity contribution in [3.05, 3.63) is 44.6 Å². The number of alkyl halides is 2. The first-order valence-electron chi connectivity index (χ1n) is 30.6. The number of rotatable bonds is 8. The summed E-state index contributed by atoms with van der Waals surface area (Å²) in [5, 5.41) is 9.22. The van der Waals surface area contributed by atoms with Gasteiger partial charge in [-0.25, -0.2) is 14.6 Å². The van der Waals surface area contributed by atoms with Gasteiger partial charge in [-0.3, -0.25) is 52.7 Å². The molecule has 28 nitrogen and oxygen atoms in total. The highest BCUT2D eigenvalue weighted by atomic mass is 35.5. The number of likely N-dealkylation sites (N-methyl/N-ethyl adjacent to an activating group) is 4. The Morgan fingerprint density at radius 3 is 1.43 bits per heavy atom. The van der Waals surface area contributed by atoms with Gasteiger partial charge in [0.15, 0.2) is 11.3 Å². The second-order valence-electron chi connectivity index (χ2n) is 25.8. The van der Waals surface area contributed by atoms with Crippen molar-refractivity contribution in [3.63, 3.8) is 0 Å². The van der Waals surface area contributed by atoms with Crippen LogP contribution in [0.2, 0.25) is 0 Å². The molecule has 0 aromatic heterocycles. The zero-order valence-electron chi connectivity index (χ0n) is 54.6. The molecule has 6 aliphatic rings. The summed E-state index contributed by atoms with van der Waals surface area (Å²) in [6.45, 7) is 17.5. The van der Waals surface area contributed by atoms with Gasteiger partial charge in [-0.1, -0.05) is 61.5 Å². The number of nitrogens with zero attached hydrogens (tertiary/aromatic N) is 7. The van der Waals surface area contributed by atoms with E-state index in [1.54, 1.807) is 62.3 Å². The van der Waals surface area contributed by atoms with Crippen LogP contribution in [-0.4, -0.2) is 231 Å². The summed E-state index contributed by atoms with van der Waals surface area (Å²) in [5.74, 6) is -13.2. The molecule has 30 heteroatoms. The average molecular weight is 1320 g/mol. The Labute approximate surface area is 542 Å². The fraction of sp³-hybridized carbons (Fsp3) is 0.613. The molecule has 1 aromatic rings. The molecular weight excluding hydrogens is 1240 g/mol. The van der Waals surface area contributed by atoms with E-state index in [2.05, 4.69) is 21.3 Å². The molecule has 502 valence electrons. The summed E-state index contributed by atoms with van der Waals surface area (Å²) in [5.41, 5.74) is 3.38. The molecule has 0 bridgehead atoms. The highest BCUT2D eigenvalue weighted by Crippen LogP contribution is 2.36. The van der Waals surface area contributed by atoms with Gasteiger partial charge in [0, 0.05) is 46.8 Å². The van der Waals surface area contributed by atoms with E-state index in [0.29, 0.717) is 5.56 Å². The number of hydrogen-bond acceptors (Lipinski definition) is 18. The number of benzene rings is 2. The van der Waals surface area contributed by atoms with Crippen LogP contribution in [0.1, 0.15) is 114 Å². The Morgan fingerprint density at radius 1 is 0.620 bits per heavy atom. The van der Waals surface area contributed by atoms with Gasteiger partial charge in [0.05, 0.1) is 40.7 Å². The number of aryl methyl sites for hydroxylation is 1. The Morgan fingerprint density at radius 2 is 1.03 bits per heavy atom. The molecule has 0 radical (unpaired) electrons. The number of nitrogens with two attached hydrogens (primary N) is 1. The standard InChI is InChI=1S/C62H84Cl2N12O16/c1-25(2)42-59(86)75-21-33(63)19-36(75)57(84)71(13)23-38(77)73(15)48(27(5)6)61(88)90-31(11)44(55(82)67-42)69-53(80)35-18-17-29(9)51-46(35)66-47-40(41(65)50(79)30(10)52(47)92-51)54(81)70-45-32(12)91-62(89)49(28(7)8)74(16)39(78)24-72(14)58(85)37-20-34(64)22-76(37)60(87)43(26(3)4)68-56(45)83/h17-18,25-28,31-34,36-37,42-45,48-49H,19-24,65H2,1-16H3,(H,67,82)(H,68,83)(H,69,80)(H,70,81). The van der Waals surface area contributed by atoms with E-state index >= 15 is 9.59 Å². The maximum absolute atomic E-state index is 15.2. The molecular formula is C62H84Cl2N12O16. The monoisotopic (exact) mass is 1320 g/mol. The molecule has 6 N–H and O–H groups in total. The second kappa shape index (κ2) is 28.4. The normalized spacial score (nSPS) is 27.5. The number of carbonyl (C=O) groups excluding carboxylic acids is 12. The third kappa shape index (κ3) is 14.4. The number of aromatic nitrogens is 1. The van der Waals surface area contributed by atoms with Crippen molar-refractivity contribution in [1.82, 2.24) is 55.7 Å². The maximum atomic E-state index is 15.2. The van der Waals surface area contributed by atoms with Crippen LogP contribution in [0.3, 0.4) is 0 Å². The Bertz CT molecular complexity index is 3500. The zero-order valence-corrected chi connectivity index (χ0v) is 56.1. The van der Waals surface area contributed by atoms with Gasteiger partial charge in [0.25, 0.3) is 11.8 Å².